The smallest absolute Gasteiger partial charge is 0.421 e. The molecule has 0 spiro atoms. The van der Waals surface area contributed by atoms with E-state index in [1.807, 2.05) is 141 Å². The molecule has 0 aliphatic heterocycles. The molecule has 2 aromatic carbocycles. The number of para-hydroxylation sites is 2. The number of benzene rings is 2. The summed E-state index contributed by atoms with van der Waals surface area (Å²) in [6, 6.07) is 16.0. The summed E-state index contributed by atoms with van der Waals surface area (Å²) < 4.78 is 7.76. The van der Waals surface area contributed by atoms with Gasteiger partial charge in [-0.2, -0.15) is 0 Å². The zero-order valence-corrected chi connectivity index (χ0v) is 26.1. The van der Waals surface area contributed by atoms with Crippen LogP contribution in [0, 0.1) is 0 Å². The van der Waals surface area contributed by atoms with Crippen molar-refractivity contribution >= 4 is 56.2 Å². The van der Waals surface area contributed by atoms with E-state index in [1.165, 1.54) is 0 Å². The molecule has 14 heteroatoms. The van der Waals surface area contributed by atoms with Crippen LogP contribution in [0.5, 0.6) is 0 Å². The minimum Gasteiger partial charge on any atom is -1.00 e. The van der Waals surface area contributed by atoms with Gasteiger partial charge in [0.25, 0.3) is 0 Å². The number of nitrogens with one attached hydrogen (secondary N) is 2. The standard InChI is InChI=1S/C26H32N10S2.2ClH/c1-33-15-16-34(2)25(33)31-29-23-11-7-5-9-21(23)27-13-19-37-38-20-14-28-22-10-6-8-12-24(22)30-32-26-35(3)17-18-36(26)4;;/h5-12,15-18H,13-14,19-20H2,1-4H3;2*1H. The summed E-state index contributed by atoms with van der Waals surface area (Å²) in [4.78, 5) is 0. The van der Waals surface area contributed by atoms with Crippen LogP contribution in [0.2, 0.25) is 0 Å². The Hall–Kier alpha value is -3.06. The van der Waals surface area contributed by atoms with Crippen molar-refractivity contribution in [3.63, 3.8) is 0 Å². The van der Waals surface area contributed by atoms with E-state index in [0.29, 0.717) is 0 Å². The molecule has 0 saturated carbocycles. The number of nitrogens with zero attached hydrogens (tertiary/aromatic N) is 8. The van der Waals surface area contributed by atoms with Crippen LogP contribution in [0.3, 0.4) is 0 Å². The van der Waals surface area contributed by atoms with Crippen LogP contribution in [0.1, 0.15) is 0 Å². The Balaban J connectivity index is 0.00000280. The summed E-state index contributed by atoms with van der Waals surface area (Å²) in [6.45, 7) is 1.69. The molecule has 0 aliphatic rings. The highest BCUT2D eigenvalue weighted by molar-refractivity contribution is 8.76. The second-order valence-corrected chi connectivity index (χ2v) is 11.3. The summed E-state index contributed by atoms with van der Waals surface area (Å²) in [7, 11) is 11.5. The molecule has 0 saturated heterocycles. The van der Waals surface area contributed by atoms with Gasteiger partial charge < -0.3 is 35.4 Å². The van der Waals surface area contributed by atoms with Crippen molar-refractivity contribution in [2.24, 2.45) is 48.6 Å². The van der Waals surface area contributed by atoms with Crippen molar-refractivity contribution in [3.8, 4) is 0 Å². The zero-order valence-electron chi connectivity index (χ0n) is 22.9. The highest BCUT2D eigenvalue weighted by Gasteiger charge is 2.12. The molecule has 0 bridgehead atoms. The van der Waals surface area contributed by atoms with Gasteiger partial charge in [-0.15, -0.1) is 0 Å². The normalized spacial score (nSPS) is 11.0. The van der Waals surface area contributed by atoms with Crippen LogP contribution in [0.15, 0.2) is 93.8 Å². The molecule has 2 aromatic heterocycles. The number of hydrogen-bond donors (Lipinski definition) is 2. The van der Waals surface area contributed by atoms with Gasteiger partial charge in [0.2, 0.25) is 0 Å². The number of aryl methyl sites for hydroxylation is 4. The van der Waals surface area contributed by atoms with E-state index >= 15 is 0 Å². The largest absolute Gasteiger partial charge is 1.00 e. The Morgan fingerprint density at radius 2 is 1.05 bits per heavy atom. The lowest BCUT2D eigenvalue weighted by molar-refractivity contribution is -0.657. The highest BCUT2D eigenvalue weighted by Crippen LogP contribution is 2.28. The van der Waals surface area contributed by atoms with Gasteiger partial charge in [-0.05, 0) is 24.3 Å². The number of aromatic nitrogens is 4. The van der Waals surface area contributed by atoms with Gasteiger partial charge in [0.15, 0.2) is 0 Å². The number of azo groups is 2. The minimum atomic E-state index is 0. The average Bonchev–Trinajstić information content (AvgIpc) is 3.42. The molecule has 0 unspecified atom stereocenters. The lowest BCUT2D eigenvalue weighted by Crippen LogP contribution is -3.00. The van der Waals surface area contributed by atoms with Crippen LogP contribution in [0.4, 0.5) is 34.6 Å². The Morgan fingerprint density at radius 1 is 0.650 bits per heavy atom. The van der Waals surface area contributed by atoms with E-state index in [2.05, 4.69) is 31.1 Å². The van der Waals surface area contributed by atoms with Gasteiger partial charge in [-0.1, -0.05) is 56.1 Å². The number of halogens is 2. The Kier molecular flexibility index (Phi) is 14.0. The predicted octanol–water partition coefficient (Wildman–Crippen LogP) is -0.243. The van der Waals surface area contributed by atoms with Crippen molar-refractivity contribution in [1.82, 2.24) is 9.13 Å². The quantitative estimate of drug-likeness (QED) is 0.0934. The fraction of sp³-hybridized carbons (Fsp3) is 0.308. The van der Waals surface area contributed by atoms with Gasteiger partial charge in [0.05, 0.1) is 64.4 Å². The summed E-state index contributed by atoms with van der Waals surface area (Å²) in [5, 5.41) is 24.7. The van der Waals surface area contributed by atoms with Gasteiger partial charge in [0.1, 0.15) is 11.4 Å². The first-order valence-corrected chi connectivity index (χ1v) is 14.8. The van der Waals surface area contributed by atoms with E-state index in [9.17, 15) is 0 Å². The van der Waals surface area contributed by atoms with E-state index in [-0.39, 0.29) is 24.8 Å². The fourth-order valence-electron chi connectivity index (χ4n) is 3.64. The molecule has 0 aliphatic carbocycles. The third-order valence-corrected chi connectivity index (χ3v) is 8.09. The molecule has 0 amide bonds. The Bertz CT molecular complexity index is 1260. The minimum absolute atomic E-state index is 0. The second kappa shape index (κ2) is 16.9. The Labute approximate surface area is 255 Å². The monoisotopic (exact) mass is 620 g/mol. The molecular formula is C26H34Cl2N10S2. The number of anilines is 2. The van der Waals surface area contributed by atoms with E-state index in [0.717, 1.165) is 59.2 Å². The van der Waals surface area contributed by atoms with E-state index in [4.69, 9.17) is 0 Å². The lowest BCUT2D eigenvalue weighted by Gasteiger charge is -2.09. The van der Waals surface area contributed by atoms with Crippen LogP contribution >= 0.6 is 21.6 Å². The first-order chi connectivity index (χ1) is 18.5. The van der Waals surface area contributed by atoms with Gasteiger partial charge in [0, 0.05) is 34.8 Å². The van der Waals surface area contributed by atoms with Crippen molar-refractivity contribution in [2.75, 3.05) is 35.2 Å². The molecule has 214 valence electrons. The topological polar surface area (TPSA) is 91.1 Å². The van der Waals surface area contributed by atoms with Crippen LogP contribution < -0.4 is 44.6 Å². The zero-order chi connectivity index (χ0) is 26.7. The number of rotatable bonds is 13. The van der Waals surface area contributed by atoms with Gasteiger partial charge in [-0.25, -0.2) is 18.3 Å². The fourth-order valence-corrected chi connectivity index (χ4v) is 5.45. The van der Waals surface area contributed by atoms with E-state index < -0.39 is 0 Å². The van der Waals surface area contributed by atoms with E-state index in [1.54, 1.807) is 0 Å². The predicted molar refractivity (Wildman–Crippen MR) is 156 cm³/mol. The highest BCUT2D eigenvalue weighted by atomic mass is 35.5. The van der Waals surface area contributed by atoms with Crippen molar-refractivity contribution in [1.29, 1.82) is 0 Å². The maximum atomic E-state index is 4.47. The third kappa shape index (κ3) is 9.26. The number of hydrogen-bond acceptors (Lipinski definition) is 8. The average molecular weight is 622 g/mol. The van der Waals surface area contributed by atoms with Crippen molar-refractivity contribution in [3.05, 3.63) is 73.3 Å². The maximum Gasteiger partial charge on any atom is 0.421 e. The molecule has 2 N–H and O–H groups in total. The summed E-state index contributed by atoms with van der Waals surface area (Å²) in [6.07, 6.45) is 7.83. The molecular weight excluding hydrogens is 587 g/mol. The third-order valence-electron chi connectivity index (χ3n) is 5.68. The van der Waals surface area contributed by atoms with Crippen LogP contribution in [0.25, 0.3) is 0 Å². The summed E-state index contributed by atoms with van der Waals surface area (Å²) in [5.74, 6) is 3.52. The maximum absolute atomic E-state index is 4.47. The van der Waals surface area contributed by atoms with Crippen molar-refractivity contribution in [2.45, 2.75) is 0 Å². The van der Waals surface area contributed by atoms with Gasteiger partial charge >= 0.3 is 11.9 Å². The molecule has 0 fully saturated rings. The first kappa shape index (κ1) is 33.1. The SMILES string of the molecule is Cn1cc[n+](C)c1N=Nc1ccccc1NCCSSCCNc1ccccc1N=Nc1n(C)cc[n+]1C.[Cl-].[Cl-]. The lowest BCUT2D eigenvalue weighted by atomic mass is 10.3. The molecule has 4 aromatic rings. The molecule has 40 heavy (non-hydrogen) atoms. The van der Waals surface area contributed by atoms with Crippen molar-refractivity contribution < 1.29 is 33.9 Å². The molecule has 2 heterocycles. The first-order valence-electron chi connectivity index (χ1n) is 12.3. The molecule has 4 rings (SSSR count). The molecule has 10 nitrogen and oxygen atoms in total. The summed E-state index contributed by atoms with van der Waals surface area (Å²) >= 11 is 0. The molecule has 0 radical (unpaired) electrons. The Morgan fingerprint density at radius 3 is 1.43 bits per heavy atom. The van der Waals surface area contributed by atoms with Crippen LogP contribution in [-0.4, -0.2) is 33.7 Å². The summed E-state index contributed by atoms with van der Waals surface area (Å²) in [5.41, 5.74) is 3.62. The molecule has 0 atom stereocenters. The second-order valence-electron chi connectivity index (χ2n) is 8.57. The van der Waals surface area contributed by atoms with Gasteiger partial charge in [-0.3, -0.25) is 0 Å². The van der Waals surface area contributed by atoms with Crippen LogP contribution in [-0.2, 0) is 28.2 Å². The number of imidazole rings is 2.